The minimum atomic E-state index is -0.243. The molecular formula is C12H16ClN3O3. The fourth-order valence-electron chi connectivity index (χ4n) is 2.09. The number of aliphatic hydroxyl groups excluding tert-OH is 1. The molecule has 0 spiro atoms. The van der Waals surface area contributed by atoms with E-state index in [1.54, 1.807) is 18.2 Å². The zero-order valence-electron chi connectivity index (χ0n) is 10.3. The second-order valence-corrected chi connectivity index (χ2v) is 4.70. The Balaban J connectivity index is 2.34. The van der Waals surface area contributed by atoms with E-state index in [1.807, 2.05) is 4.90 Å². The zero-order chi connectivity index (χ0) is 13.8. The van der Waals surface area contributed by atoms with Gasteiger partial charge < -0.3 is 25.7 Å². The highest BCUT2D eigenvalue weighted by Gasteiger charge is 2.23. The van der Waals surface area contributed by atoms with Crippen molar-refractivity contribution in [3.63, 3.8) is 0 Å². The van der Waals surface area contributed by atoms with E-state index in [0.717, 1.165) is 5.69 Å². The number of amidine groups is 1. The molecule has 1 aromatic carbocycles. The van der Waals surface area contributed by atoms with Crippen LogP contribution in [0.15, 0.2) is 23.4 Å². The van der Waals surface area contributed by atoms with Crippen LogP contribution in [0.3, 0.4) is 0 Å². The number of nitrogens with two attached hydrogens (primary N) is 1. The fourth-order valence-corrected chi connectivity index (χ4v) is 2.25. The van der Waals surface area contributed by atoms with Gasteiger partial charge in [-0.05, 0) is 18.2 Å². The molecule has 1 heterocycles. The SMILES string of the molecule is N/C(=N/O)c1ccc(Cl)cc1N1CCOC(CO)C1. The molecule has 0 saturated carbocycles. The summed E-state index contributed by atoms with van der Waals surface area (Å²) in [6.07, 6.45) is -0.243. The first-order valence-corrected chi connectivity index (χ1v) is 6.28. The average Bonchev–Trinajstić information content (AvgIpc) is 2.46. The zero-order valence-corrected chi connectivity index (χ0v) is 11.0. The third-order valence-corrected chi connectivity index (χ3v) is 3.26. The minimum Gasteiger partial charge on any atom is -0.409 e. The van der Waals surface area contributed by atoms with Crippen molar-refractivity contribution in [1.82, 2.24) is 0 Å². The molecule has 6 nitrogen and oxygen atoms in total. The van der Waals surface area contributed by atoms with Gasteiger partial charge >= 0.3 is 0 Å². The van der Waals surface area contributed by atoms with Gasteiger partial charge in [-0.3, -0.25) is 0 Å². The number of rotatable bonds is 3. The molecule has 1 unspecified atom stereocenters. The van der Waals surface area contributed by atoms with Crippen LogP contribution in [0, 0.1) is 0 Å². The topological polar surface area (TPSA) is 91.3 Å². The number of oxime groups is 1. The van der Waals surface area contributed by atoms with Crippen LogP contribution in [-0.4, -0.2) is 48.6 Å². The number of halogens is 1. The molecule has 1 saturated heterocycles. The molecule has 1 atom stereocenters. The quantitative estimate of drug-likeness (QED) is 0.328. The standard InChI is InChI=1S/C12H16ClN3O3/c13-8-1-2-10(12(14)15-18)11(5-8)16-3-4-19-9(6-16)7-17/h1-2,5,9,17-18H,3-4,6-7H2,(H2,14,15). The van der Waals surface area contributed by atoms with Crippen LogP contribution in [0.4, 0.5) is 5.69 Å². The summed E-state index contributed by atoms with van der Waals surface area (Å²) in [6, 6.07) is 5.15. The number of hydrogen-bond donors (Lipinski definition) is 3. The van der Waals surface area contributed by atoms with E-state index >= 15 is 0 Å². The lowest BCUT2D eigenvalue weighted by molar-refractivity contribution is 0.00356. The van der Waals surface area contributed by atoms with Crippen LogP contribution in [0.2, 0.25) is 5.02 Å². The molecule has 1 aliphatic heterocycles. The Morgan fingerprint density at radius 3 is 3.05 bits per heavy atom. The van der Waals surface area contributed by atoms with Gasteiger partial charge in [0.1, 0.15) is 0 Å². The van der Waals surface area contributed by atoms with Crippen LogP contribution in [0.25, 0.3) is 0 Å². The molecule has 1 fully saturated rings. The van der Waals surface area contributed by atoms with Crippen LogP contribution in [-0.2, 0) is 4.74 Å². The molecule has 2 rings (SSSR count). The molecule has 0 amide bonds. The van der Waals surface area contributed by atoms with Gasteiger partial charge in [0.05, 0.1) is 19.3 Å². The highest BCUT2D eigenvalue weighted by Crippen LogP contribution is 2.26. The van der Waals surface area contributed by atoms with E-state index < -0.39 is 0 Å². The van der Waals surface area contributed by atoms with Gasteiger partial charge in [-0.1, -0.05) is 16.8 Å². The van der Waals surface area contributed by atoms with Crippen molar-refractivity contribution < 1.29 is 15.1 Å². The van der Waals surface area contributed by atoms with Gasteiger partial charge in [0.2, 0.25) is 0 Å². The molecule has 0 aliphatic carbocycles. The summed E-state index contributed by atoms with van der Waals surface area (Å²) in [4.78, 5) is 2.00. The largest absolute Gasteiger partial charge is 0.409 e. The predicted molar refractivity (Wildman–Crippen MR) is 73.0 cm³/mol. The van der Waals surface area contributed by atoms with Crippen molar-refractivity contribution in [3.05, 3.63) is 28.8 Å². The van der Waals surface area contributed by atoms with Gasteiger partial charge in [0.25, 0.3) is 0 Å². The summed E-state index contributed by atoms with van der Waals surface area (Å²) < 4.78 is 5.40. The summed E-state index contributed by atoms with van der Waals surface area (Å²) in [5, 5.41) is 21.6. The summed E-state index contributed by atoms with van der Waals surface area (Å²) in [5.74, 6) is 0.0266. The van der Waals surface area contributed by atoms with Gasteiger partial charge in [0.15, 0.2) is 5.84 Å². The third-order valence-electron chi connectivity index (χ3n) is 3.03. The number of nitrogens with zero attached hydrogens (tertiary/aromatic N) is 2. The number of ether oxygens (including phenoxy) is 1. The van der Waals surface area contributed by atoms with Gasteiger partial charge in [-0.25, -0.2) is 0 Å². The summed E-state index contributed by atoms with van der Waals surface area (Å²) in [7, 11) is 0. The lowest BCUT2D eigenvalue weighted by Gasteiger charge is -2.34. The first-order chi connectivity index (χ1) is 9.15. The molecule has 0 bridgehead atoms. The maximum Gasteiger partial charge on any atom is 0.172 e. The first kappa shape index (κ1) is 13.9. The molecule has 0 aromatic heterocycles. The van der Waals surface area contributed by atoms with Crippen molar-refractivity contribution in [2.45, 2.75) is 6.10 Å². The second-order valence-electron chi connectivity index (χ2n) is 4.27. The number of anilines is 1. The van der Waals surface area contributed by atoms with Crippen molar-refractivity contribution in [2.75, 3.05) is 31.2 Å². The van der Waals surface area contributed by atoms with Crippen molar-refractivity contribution in [1.29, 1.82) is 0 Å². The van der Waals surface area contributed by atoms with Crippen molar-refractivity contribution >= 4 is 23.1 Å². The van der Waals surface area contributed by atoms with E-state index in [-0.39, 0.29) is 18.5 Å². The van der Waals surface area contributed by atoms with Gasteiger partial charge in [-0.15, -0.1) is 0 Å². The fraction of sp³-hybridized carbons (Fsp3) is 0.417. The maximum atomic E-state index is 9.17. The Hall–Kier alpha value is -1.50. The Kier molecular flexibility index (Phi) is 4.47. The third kappa shape index (κ3) is 3.09. The van der Waals surface area contributed by atoms with Crippen molar-refractivity contribution in [2.24, 2.45) is 10.9 Å². The van der Waals surface area contributed by atoms with Crippen LogP contribution in [0.1, 0.15) is 5.56 Å². The Labute approximate surface area is 116 Å². The maximum absolute atomic E-state index is 9.17. The monoisotopic (exact) mass is 285 g/mol. The van der Waals surface area contributed by atoms with E-state index in [4.69, 9.17) is 32.4 Å². The number of hydrogen-bond acceptors (Lipinski definition) is 5. The lowest BCUT2D eigenvalue weighted by Crippen LogP contribution is -2.44. The number of morpholine rings is 1. The molecular weight excluding hydrogens is 270 g/mol. The molecule has 7 heteroatoms. The van der Waals surface area contributed by atoms with Gasteiger partial charge in [0, 0.05) is 29.4 Å². The van der Waals surface area contributed by atoms with E-state index in [0.29, 0.717) is 30.3 Å². The van der Waals surface area contributed by atoms with E-state index in [1.165, 1.54) is 0 Å². The molecule has 1 aliphatic rings. The second kappa shape index (κ2) is 6.10. The first-order valence-electron chi connectivity index (χ1n) is 5.90. The minimum absolute atomic E-state index is 0.0266. The molecule has 1 aromatic rings. The Bertz CT molecular complexity index is 481. The number of aliphatic hydroxyl groups is 1. The molecule has 19 heavy (non-hydrogen) atoms. The lowest BCUT2D eigenvalue weighted by atomic mass is 10.1. The number of benzene rings is 1. The molecule has 4 N–H and O–H groups in total. The van der Waals surface area contributed by atoms with Gasteiger partial charge in [-0.2, -0.15) is 0 Å². The van der Waals surface area contributed by atoms with Crippen molar-refractivity contribution in [3.8, 4) is 0 Å². The smallest absolute Gasteiger partial charge is 0.172 e. The summed E-state index contributed by atoms with van der Waals surface area (Å²) in [6.45, 7) is 1.65. The van der Waals surface area contributed by atoms with Crippen LogP contribution >= 0.6 is 11.6 Å². The summed E-state index contributed by atoms with van der Waals surface area (Å²) >= 11 is 6.00. The molecule has 104 valence electrons. The molecule has 0 radical (unpaired) electrons. The average molecular weight is 286 g/mol. The van der Waals surface area contributed by atoms with Crippen LogP contribution in [0.5, 0.6) is 0 Å². The highest BCUT2D eigenvalue weighted by atomic mass is 35.5. The summed E-state index contributed by atoms with van der Waals surface area (Å²) in [5.41, 5.74) is 7.04. The van der Waals surface area contributed by atoms with E-state index in [2.05, 4.69) is 5.16 Å². The highest BCUT2D eigenvalue weighted by molar-refractivity contribution is 6.31. The Morgan fingerprint density at radius 2 is 2.37 bits per heavy atom. The Morgan fingerprint density at radius 1 is 1.58 bits per heavy atom. The normalized spacial score (nSPS) is 20.6. The van der Waals surface area contributed by atoms with Crippen LogP contribution < -0.4 is 10.6 Å². The van der Waals surface area contributed by atoms with E-state index in [9.17, 15) is 0 Å². The predicted octanol–water partition coefficient (Wildman–Crippen LogP) is 0.632.